The Morgan fingerprint density at radius 1 is 1.21 bits per heavy atom. The Hall–Kier alpha value is -2.94. The van der Waals surface area contributed by atoms with Crippen molar-refractivity contribution in [2.24, 2.45) is 0 Å². The van der Waals surface area contributed by atoms with E-state index in [-0.39, 0.29) is 22.6 Å². The van der Waals surface area contributed by atoms with Crippen LogP contribution in [0.4, 0.5) is 10.5 Å². The molecule has 0 bridgehead atoms. The molecular weight excluding hydrogens is 390 g/mol. The third-order valence-electron chi connectivity index (χ3n) is 5.24. The maximum atomic E-state index is 12.8. The molecule has 0 aliphatic carbocycles. The predicted octanol–water partition coefficient (Wildman–Crippen LogP) is 2.93. The highest BCUT2D eigenvalue weighted by atomic mass is 32.2. The Bertz CT molecular complexity index is 1140. The van der Waals surface area contributed by atoms with Gasteiger partial charge in [-0.05, 0) is 43.2 Å². The molecule has 0 radical (unpaired) electrons. The SMILES string of the molecule is CCS(=O)(=O)c1cccc(NC(=O)N2CCCC(c3nnc4ccccn34)C2)c1. The monoisotopic (exact) mass is 413 g/mol. The number of hydrogen-bond acceptors (Lipinski definition) is 5. The van der Waals surface area contributed by atoms with Gasteiger partial charge in [-0.15, -0.1) is 10.2 Å². The van der Waals surface area contributed by atoms with Gasteiger partial charge in [0.05, 0.1) is 10.6 Å². The van der Waals surface area contributed by atoms with Gasteiger partial charge in [0.2, 0.25) is 0 Å². The lowest BCUT2D eigenvalue weighted by Gasteiger charge is -2.32. The first-order chi connectivity index (χ1) is 14.0. The highest BCUT2D eigenvalue weighted by molar-refractivity contribution is 7.91. The molecule has 2 aromatic heterocycles. The van der Waals surface area contributed by atoms with Gasteiger partial charge in [-0.3, -0.25) is 4.40 Å². The molecule has 3 heterocycles. The molecule has 3 aromatic rings. The summed E-state index contributed by atoms with van der Waals surface area (Å²) < 4.78 is 26.1. The lowest BCUT2D eigenvalue weighted by Crippen LogP contribution is -2.42. The molecule has 152 valence electrons. The van der Waals surface area contributed by atoms with Crippen LogP contribution in [0, 0.1) is 0 Å². The number of carbonyl (C=O) groups excluding carboxylic acids is 1. The average molecular weight is 414 g/mol. The number of carbonyl (C=O) groups is 1. The molecule has 1 aromatic carbocycles. The minimum Gasteiger partial charge on any atom is -0.324 e. The third-order valence-corrected chi connectivity index (χ3v) is 6.97. The zero-order valence-corrected chi connectivity index (χ0v) is 17.0. The van der Waals surface area contributed by atoms with E-state index >= 15 is 0 Å². The van der Waals surface area contributed by atoms with E-state index in [2.05, 4.69) is 15.5 Å². The molecule has 8 nitrogen and oxygen atoms in total. The zero-order chi connectivity index (χ0) is 20.4. The van der Waals surface area contributed by atoms with Gasteiger partial charge in [-0.1, -0.05) is 19.1 Å². The normalized spacial score (nSPS) is 17.4. The van der Waals surface area contributed by atoms with Crippen LogP contribution >= 0.6 is 0 Å². The molecule has 1 aliphatic heterocycles. The quantitative estimate of drug-likeness (QED) is 0.709. The van der Waals surface area contributed by atoms with Gasteiger partial charge < -0.3 is 10.2 Å². The van der Waals surface area contributed by atoms with Gasteiger partial charge in [0.15, 0.2) is 15.5 Å². The molecule has 1 unspecified atom stereocenters. The number of aromatic nitrogens is 3. The Morgan fingerprint density at radius 2 is 2.07 bits per heavy atom. The van der Waals surface area contributed by atoms with Crippen LogP contribution in [0.2, 0.25) is 0 Å². The number of nitrogens with zero attached hydrogens (tertiary/aromatic N) is 4. The highest BCUT2D eigenvalue weighted by Gasteiger charge is 2.28. The molecule has 9 heteroatoms. The molecule has 1 atom stereocenters. The maximum Gasteiger partial charge on any atom is 0.321 e. The van der Waals surface area contributed by atoms with Crippen molar-refractivity contribution in [1.29, 1.82) is 0 Å². The van der Waals surface area contributed by atoms with Crippen molar-refractivity contribution in [3.8, 4) is 0 Å². The fourth-order valence-corrected chi connectivity index (χ4v) is 4.57. The second kappa shape index (κ2) is 7.82. The van der Waals surface area contributed by atoms with E-state index in [1.807, 2.05) is 28.8 Å². The smallest absolute Gasteiger partial charge is 0.321 e. The Labute approximate surface area is 169 Å². The first kappa shape index (κ1) is 19.4. The minimum absolute atomic E-state index is 0.0184. The Balaban J connectivity index is 1.49. The van der Waals surface area contributed by atoms with Crippen LogP contribution in [0.15, 0.2) is 53.6 Å². The number of piperidine rings is 1. The molecular formula is C20H23N5O3S. The van der Waals surface area contributed by atoms with E-state index in [1.165, 1.54) is 6.07 Å². The van der Waals surface area contributed by atoms with E-state index in [1.54, 1.807) is 30.0 Å². The summed E-state index contributed by atoms with van der Waals surface area (Å²) in [5, 5.41) is 11.4. The number of amides is 2. The van der Waals surface area contributed by atoms with E-state index in [9.17, 15) is 13.2 Å². The molecule has 1 aliphatic rings. The predicted molar refractivity (Wildman–Crippen MR) is 110 cm³/mol. The fourth-order valence-electron chi connectivity index (χ4n) is 3.65. The van der Waals surface area contributed by atoms with Gasteiger partial charge in [-0.2, -0.15) is 0 Å². The maximum absolute atomic E-state index is 12.8. The van der Waals surface area contributed by atoms with Crippen LogP contribution in [0.3, 0.4) is 0 Å². The highest BCUT2D eigenvalue weighted by Crippen LogP contribution is 2.27. The van der Waals surface area contributed by atoms with Crippen molar-refractivity contribution in [2.75, 3.05) is 24.2 Å². The van der Waals surface area contributed by atoms with Gasteiger partial charge in [0.1, 0.15) is 5.82 Å². The number of benzene rings is 1. The molecule has 2 amide bonds. The standard InChI is InChI=1S/C20H23N5O3S/c1-2-29(27,28)17-9-5-8-16(13-17)21-20(26)24-11-6-7-15(14-24)19-23-22-18-10-3-4-12-25(18)19/h3-5,8-10,12-13,15H,2,6-7,11,14H2,1H3,(H,21,26). The average Bonchev–Trinajstić information content (AvgIpc) is 3.18. The summed E-state index contributed by atoms with van der Waals surface area (Å²) in [6, 6.07) is 11.9. The molecule has 1 N–H and O–H groups in total. The van der Waals surface area contributed by atoms with E-state index in [0.29, 0.717) is 18.8 Å². The molecule has 1 saturated heterocycles. The second-order valence-electron chi connectivity index (χ2n) is 7.13. The van der Waals surface area contributed by atoms with Crippen molar-refractivity contribution in [3.05, 3.63) is 54.5 Å². The van der Waals surface area contributed by atoms with E-state index in [0.717, 1.165) is 24.3 Å². The number of urea groups is 1. The van der Waals surface area contributed by atoms with Crippen LogP contribution in [-0.4, -0.2) is 52.8 Å². The van der Waals surface area contributed by atoms with Crippen LogP contribution in [0.1, 0.15) is 31.5 Å². The largest absolute Gasteiger partial charge is 0.324 e. The molecule has 29 heavy (non-hydrogen) atoms. The number of fused-ring (bicyclic) bond motifs is 1. The first-order valence-corrected chi connectivity index (χ1v) is 11.3. The molecule has 0 spiro atoms. The molecule has 1 fully saturated rings. The number of rotatable bonds is 4. The van der Waals surface area contributed by atoms with Gasteiger partial charge >= 0.3 is 6.03 Å². The first-order valence-electron chi connectivity index (χ1n) is 9.66. The number of likely N-dealkylation sites (tertiary alicyclic amines) is 1. The van der Waals surface area contributed by atoms with E-state index < -0.39 is 9.84 Å². The summed E-state index contributed by atoms with van der Waals surface area (Å²) in [6.45, 7) is 2.78. The number of hydrogen-bond donors (Lipinski definition) is 1. The number of pyridine rings is 1. The van der Waals surface area contributed by atoms with Crippen LogP contribution in [0.5, 0.6) is 0 Å². The summed E-state index contributed by atoms with van der Waals surface area (Å²) in [7, 11) is -3.32. The van der Waals surface area contributed by atoms with Gasteiger partial charge in [0, 0.05) is 30.9 Å². The van der Waals surface area contributed by atoms with Crippen molar-refractivity contribution in [1.82, 2.24) is 19.5 Å². The van der Waals surface area contributed by atoms with Crippen LogP contribution < -0.4 is 5.32 Å². The van der Waals surface area contributed by atoms with Gasteiger partial charge in [0.25, 0.3) is 0 Å². The molecule has 4 rings (SSSR count). The zero-order valence-electron chi connectivity index (χ0n) is 16.2. The Kier molecular flexibility index (Phi) is 5.23. The summed E-state index contributed by atoms with van der Waals surface area (Å²) in [5.74, 6) is 0.970. The summed E-state index contributed by atoms with van der Waals surface area (Å²) in [5.41, 5.74) is 1.26. The summed E-state index contributed by atoms with van der Waals surface area (Å²) in [6.07, 6.45) is 3.73. The van der Waals surface area contributed by atoms with Gasteiger partial charge in [-0.25, -0.2) is 13.2 Å². The second-order valence-corrected chi connectivity index (χ2v) is 9.41. The van der Waals surface area contributed by atoms with E-state index in [4.69, 9.17) is 0 Å². The lowest BCUT2D eigenvalue weighted by molar-refractivity contribution is 0.191. The minimum atomic E-state index is -3.32. The van der Waals surface area contributed by atoms with Crippen molar-refractivity contribution < 1.29 is 13.2 Å². The lowest BCUT2D eigenvalue weighted by atomic mass is 9.97. The topological polar surface area (TPSA) is 96.7 Å². The Morgan fingerprint density at radius 3 is 2.90 bits per heavy atom. The number of sulfone groups is 1. The summed E-state index contributed by atoms with van der Waals surface area (Å²) in [4.78, 5) is 14.8. The summed E-state index contributed by atoms with van der Waals surface area (Å²) >= 11 is 0. The van der Waals surface area contributed by atoms with Crippen LogP contribution in [0.25, 0.3) is 5.65 Å². The fraction of sp³-hybridized carbons (Fsp3) is 0.350. The van der Waals surface area contributed by atoms with Crippen molar-refractivity contribution in [2.45, 2.75) is 30.6 Å². The van der Waals surface area contributed by atoms with Crippen LogP contribution in [-0.2, 0) is 9.84 Å². The number of anilines is 1. The number of nitrogens with one attached hydrogen (secondary N) is 1. The third kappa shape index (κ3) is 3.95. The van der Waals surface area contributed by atoms with Crippen molar-refractivity contribution >= 4 is 27.2 Å². The molecule has 0 saturated carbocycles. The van der Waals surface area contributed by atoms with Crippen molar-refractivity contribution in [3.63, 3.8) is 0 Å².